The number of aryl methyl sites for hydroxylation is 1. The van der Waals surface area contributed by atoms with E-state index in [2.05, 4.69) is 5.32 Å². The summed E-state index contributed by atoms with van der Waals surface area (Å²) in [6, 6.07) is 4.81. The summed E-state index contributed by atoms with van der Waals surface area (Å²) in [5, 5.41) is 23.5. The highest BCUT2D eigenvalue weighted by Crippen LogP contribution is 2.21. The normalized spacial score (nSPS) is 14.1. The second-order valence-corrected chi connectivity index (χ2v) is 4.52. The van der Waals surface area contributed by atoms with Crippen LogP contribution >= 0.6 is 0 Å². The molecular formula is C12H18N2O3. The molecule has 0 heterocycles. The third-order valence-electron chi connectivity index (χ3n) is 2.71. The SMILES string of the molecule is CCC(C)(O)CNc1cc(C)cc([N+](=O)[O-])c1. The molecule has 0 saturated heterocycles. The van der Waals surface area contributed by atoms with Crippen molar-refractivity contribution in [3.8, 4) is 0 Å². The second-order valence-electron chi connectivity index (χ2n) is 4.52. The van der Waals surface area contributed by atoms with Crippen LogP contribution in [0.25, 0.3) is 0 Å². The van der Waals surface area contributed by atoms with Crippen LogP contribution in [-0.2, 0) is 0 Å². The highest BCUT2D eigenvalue weighted by molar-refractivity contribution is 5.53. The van der Waals surface area contributed by atoms with E-state index in [0.717, 1.165) is 5.56 Å². The number of aliphatic hydroxyl groups is 1. The van der Waals surface area contributed by atoms with Gasteiger partial charge in [0.15, 0.2) is 0 Å². The summed E-state index contributed by atoms with van der Waals surface area (Å²) in [6.07, 6.45) is 0.619. The van der Waals surface area contributed by atoms with Gasteiger partial charge in [0.1, 0.15) is 0 Å². The maximum absolute atomic E-state index is 10.7. The molecule has 0 aromatic heterocycles. The van der Waals surface area contributed by atoms with Crippen molar-refractivity contribution in [1.29, 1.82) is 0 Å². The zero-order valence-corrected chi connectivity index (χ0v) is 10.4. The van der Waals surface area contributed by atoms with E-state index in [9.17, 15) is 15.2 Å². The molecule has 1 aromatic carbocycles. The summed E-state index contributed by atoms with van der Waals surface area (Å²) < 4.78 is 0. The standard InChI is InChI=1S/C12H18N2O3/c1-4-12(3,15)8-13-10-5-9(2)6-11(7-10)14(16)17/h5-7,13,15H,4,8H2,1-3H3. The van der Waals surface area contributed by atoms with Gasteiger partial charge in [0, 0.05) is 24.4 Å². The van der Waals surface area contributed by atoms with Crippen molar-refractivity contribution in [2.24, 2.45) is 0 Å². The lowest BCUT2D eigenvalue weighted by molar-refractivity contribution is -0.384. The Bertz CT molecular complexity index is 416. The molecule has 1 rings (SSSR count). The van der Waals surface area contributed by atoms with Crippen LogP contribution in [0.5, 0.6) is 0 Å². The van der Waals surface area contributed by atoms with E-state index < -0.39 is 10.5 Å². The lowest BCUT2D eigenvalue weighted by Crippen LogP contribution is -2.32. The number of nitrogens with zero attached hydrogens (tertiary/aromatic N) is 1. The first-order valence-electron chi connectivity index (χ1n) is 5.56. The minimum atomic E-state index is -0.807. The van der Waals surface area contributed by atoms with E-state index >= 15 is 0 Å². The fourth-order valence-electron chi connectivity index (χ4n) is 1.39. The Morgan fingerprint density at radius 2 is 2.12 bits per heavy atom. The molecule has 0 bridgehead atoms. The number of nitrogens with one attached hydrogen (secondary N) is 1. The predicted octanol–water partition coefficient (Wildman–Crippen LogP) is 2.48. The maximum atomic E-state index is 10.7. The second kappa shape index (κ2) is 5.14. The Morgan fingerprint density at radius 1 is 1.47 bits per heavy atom. The van der Waals surface area contributed by atoms with Crippen LogP contribution < -0.4 is 5.32 Å². The zero-order chi connectivity index (χ0) is 13.1. The monoisotopic (exact) mass is 238 g/mol. The molecule has 0 radical (unpaired) electrons. The summed E-state index contributed by atoms with van der Waals surface area (Å²) in [5.41, 5.74) is 0.727. The zero-order valence-electron chi connectivity index (χ0n) is 10.4. The van der Waals surface area contributed by atoms with Gasteiger partial charge in [-0.25, -0.2) is 0 Å². The van der Waals surface area contributed by atoms with Gasteiger partial charge >= 0.3 is 0 Å². The highest BCUT2D eigenvalue weighted by Gasteiger charge is 2.17. The van der Waals surface area contributed by atoms with Gasteiger partial charge in [0.2, 0.25) is 0 Å². The van der Waals surface area contributed by atoms with E-state index in [1.807, 2.05) is 13.0 Å². The van der Waals surface area contributed by atoms with Crippen molar-refractivity contribution >= 4 is 11.4 Å². The molecule has 1 unspecified atom stereocenters. The van der Waals surface area contributed by atoms with E-state index in [4.69, 9.17) is 0 Å². The molecule has 0 fully saturated rings. The molecular weight excluding hydrogens is 220 g/mol. The van der Waals surface area contributed by atoms with Crippen LogP contribution in [0.2, 0.25) is 0 Å². The Balaban J connectivity index is 2.81. The quantitative estimate of drug-likeness (QED) is 0.610. The molecule has 5 nitrogen and oxygen atoms in total. The summed E-state index contributed by atoms with van der Waals surface area (Å²) in [7, 11) is 0. The molecule has 0 saturated carbocycles. The van der Waals surface area contributed by atoms with Crippen molar-refractivity contribution in [1.82, 2.24) is 0 Å². The van der Waals surface area contributed by atoms with E-state index in [-0.39, 0.29) is 5.69 Å². The molecule has 0 aliphatic heterocycles. The minimum absolute atomic E-state index is 0.0589. The van der Waals surface area contributed by atoms with E-state index in [1.54, 1.807) is 13.8 Å². The smallest absolute Gasteiger partial charge is 0.271 e. The molecule has 5 heteroatoms. The van der Waals surface area contributed by atoms with Gasteiger partial charge in [-0.2, -0.15) is 0 Å². The lowest BCUT2D eigenvalue weighted by Gasteiger charge is -2.22. The van der Waals surface area contributed by atoms with Gasteiger partial charge in [0.05, 0.1) is 10.5 Å². The fraction of sp³-hybridized carbons (Fsp3) is 0.500. The molecule has 0 amide bonds. The first kappa shape index (κ1) is 13.4. The minimum Gasteiger partial charge on any atom is -0.388 e. The average Bonchev–Trinajstić information content (AvgIpc) is 2.26. The van der Waals surface area contributed by atoms with Crippen molar-refractivity contribution in [2.45, 2.75) is 32.8 Å². The van der Waals surface area contributed by atoms with Gasteiger partial charge < -0.3 is 10.4 Å². The summed E-state index contributed by atoms with van der Waals surface area (Å²) in [4.78, 5) is 10.3. The molecule has 1 atom stereocenters. The van der Waals surface area contributed by atoms with Gasteiger partial charge in [-0.05, 0) is 31.9 Å². The topological polar surface area (TPSA) is 75.4 Å². The maximum Gasteiger partial charge on any atom is 0.271 e. The molecule has 17 heavy (non-hydrogen) atoms. The summed E-state index contributed by atoms with van der Waals surface area (Å²) in [6.45, 7) is 5.78. The van der Waals surface area contributed by atoms with Crippen LogP contribution in [-0.4, -0.2) is 22.2 Å². The Labute approximate surface area is 101 Å². The Morgan fingerprint density at radius 3 is 2.65 bits per heavy atom. The van der Waals surface area contributed by atoms with Gasteiger partial charge in [0.25, 0.3) is 5.69 Å². The Hall–Kier alpha value is -1.62. The van der Waals surface area contributed by atoms with Crippen LogP contribution in [0.15, 0.2) is 18.2 Å². The van der Waals surface area contributed by atoms with Crippen molar-refractivity contribution in [2.75, 3.05) is 11.9 Å². The third kappa shape index (κ3) is 4.03. The predicted molar refractivity (Wildman–Crippen MR) is 67.2 cm³/mol. The number of rotatable bonds is 5. The number of benzene rings is 1. The van der Waals surface area contributed by atoms with Crippen molar-refractivity contribution in [3.63, 3.8) is 0 Å². The third-order valence-corrected chi connectivity index (χ3v) is 2.71. The van der Waals surface area contributed by atoms with Crippen LogP contribution in [0.3, 0.4) is 0 Å². The number of hydrogen-bond donors (Lipinski definition) is 2. The Kier molecular flexibility index (Phi) is 4.07. The first-order valence-corrected chi connectivity index (χ1v) is 5.56. The number of anilines is 1. The summed E-state index contributed by atoms with van der Waals surface area (Å²) in [5.74, 6) is 0. The van der Waals surface area contributed by atoms with Crippen molar-refractivity contribution in [3.05, 3.63) is 33.9 Å². The molecule has 94 valence electrons. The number of hydrogen-bond acceptors (Lipinski definition) is 4. The fourth-order valence-corrected chi connectivity index (χ4v) is 1.39. The van der Waals surface area contributed by atoms with Gasteiger partial charge in [-0.15, -0.1) is 0 Å². The molecule has 2 N–H and O–H groups in total. The highest BCUT2D eigenvalue weighted by atomic mass is 16.6. The van der Waals surface area contributed by atoms with Crippen molar-refractivity contribution < 1.29 is 10.0 Å². The molecule has 0 spiro atoms. The van der Waals surface area contributed by atoms with E-state index in [0.29, 0.717) is 18.7 Å². The lowest BCUT2D eigenvalue weighted by atomic mass is 10.0. The molecule has 0 aliphatic rings. The van der Waals surface area contributed by atoms with Gasteiger partial charge in [-0.3, -0.25) is 10.1 Å². The number of non-ortho nitro benzene ring substituents is 1. The molecule has 0 aliphatic carbocycles. The molecule has 1 aromatic rings. The van der Waals surface area contributed by atoms with Crippen LogP contribution in [0.1, 0.15) is 25.8 Å². The largest absolute Gasteiger partial charge is 0.388 e. The number of nitro groups is 1. The van der Waals surface area contributed by atoms with Crippen LogP contribution in [0, 0.1) is 17.0 Å². The average molecular weight is 238 g/mol. The number of nitro benzene ring substituents is 1. The first-order chi connectivity index (χ1) is 7.84. The summed E-state index contributed by atoms with van der Waals surface area (Å²) >= 11 is 0. The van der Waals surface area contributed by atoms with E-state index in [1.165, 1.54) is 12.1 Å². The van der Waals surface area contributed by atoms with Gasteiger partial charge in [-0.1, -0.05) is 6.92 Å². The van der Waals surface area contributed by atoms with Crippen LogP contribution in [0.4, 0.5) is 11.4 Å².